The molecule has 0 radical (unpaired) electrons. The summed E-state index contributed by atoms with van der Waals surface area (Å²) < 4.78 is 12.4. The highest BCUT2D eigenvalue weighted by Crippen LogP contribution is 2.45. The minimum absolute atomic E-state index is 0.0108. The number of nitrogens with zero attached hydrogens (tertiary/aromatic N) is 3. The fraction of sp³-hybridized carbons (Fsp3) is 0.550. The molecule has 13 nitrogen and oxygen atoms in total. The Morgan fingerprint density at radius 2 is 1.80 bits per heavy atom. The van der Waals surface area contributed by atoms with E-state index in [1.165, 1.54) is 22.3 Å². The number of benzene rings is 1. The number of aryl methyl sites for hydroxylation is 2. The van der Waals surface area contributed by atoms with E-state index in [0.29, 0.717) is 17.1 Å². The van der Waals surface area contributed by atoms with Crippen molar-refractivity contribution in [2.75, 3.05) is 11.9 Å². The topological polar surface area (TPSA) is 172 Å². The van der Waals surface area contributed by atoms with E-state index in [2.05, 4.69) is 28.6 Å². The lowest BCUT2D eigenvalue weighted by molar-refractivity contribution is -0.146. The second kappa shape index (κ2) is 15.2. The number of pyridine rings is 1. The molecule has 3 heterocycles. The molecule has 0 unspecified atom stereocenters. The molecule has 2 aromatic heterocycles. The van der Waals surface area contributed by atoms with E-state index in [1.807, 2.05) is 66.0 Å². The number of carboxylic acid groups (broad SMARTS) is 1. The summed E-state index contributed by atoms with van der Waals surface area (Å²) in [6, 6.07) is 3.96. The molecule has 0 bridgehead atoms. The number of thiazole rings is 1. The van der Waals surface area contributed by atoms with Crippen molar-refractivity contribution in [3.8, 4) is 17.1 Å². The smallest absolute Gasteiger partial charge is 0.408 e. The maximum atomic E-state index is 14.6. The van der Waals surface area contributed by atoms with Gasteiger partial charge in [-0.1, -0.05) is 32.9 Å². The fourth-order valence-electron chi connectivity index (χ4n) is 7.58. The normalized spacial score (nSPS) is 23.3. The van der Waals surface area contributed by atoms with Crippen LogP contribution in [0, 0.1) is 25.2 Å². The molecule has 3 aromatic rings. The molecule has 3 amide bonds. The number of alkyl carbamates (subject to hydrolysis) is 1. The van der Waals surface area contributed by atoms with Crippen LogP contribution in [0.1, 0.15) is 84.3 Å². The Hall–Kier alpha value is -4.72. The van der Waals surface area contributed by atoms with Crippen molar-refractivity contribution in [1.82, 2.24) is 25.5 Å². The van der Waals surface area contributed by atoms with Gasteiger partial charge in [-0.05, 0) is 82.4 Å². The average Bonchev–Trinajstić information content (AvgIpc) is 3.50. The van der Waals surface area contributed by atoms with Crippen molar-refractivity contribution >= 4 is 51.2 Å². The molecule has 14 heteroatoms. The second-order valence-corrected chi connectivity index (χ2v) is 17.2. The zero-order valence-corrected chi connectivity index (χ0v) is 33.0. The predicted molar refractivity (Wildman–Crippen MR) is 208 cm³/mol. The highest BCUT2D eigenvalue weighted by Gasteiger charge is 2.61. The molecule has 4 N–H and O–H groups in total. The molecule has 1 aliphatic heterocycles. The van der Waals surface area contributed by atoms with Gasteiger partial charge in [-0.2, -0.15) is 0 Å². The van der Waals surface area contributed by atoms with E-state index in [1.54, 1.807) is 0 Å². The van der Waals surface area contributed by atoms with Crippen molar-refractivity contribution in [2.45, 2.75) is 123 Å². The monoisotopic (exact) mass is 760 g/mol. The van der Waals surface area contributed by atoms with E-state index in [0.717, 1.165) is 52.8 Å². The third-order valence-corrected chi connectivity index (χ3v) is 11.3. The van der Waals surface area contributed by atoms with Gasteiger partial charge in [-0.25, -0.2) is 19.6 Å². The first-order valence-corrected chi connectivity index (χ1v) is 19.6. The van der Waals surface area contributed by atoms with E-state index < -0.39 is 58.9 Å². The zero-order valence-electron chi connectivity index (χ0n) is 32.2. The highest BCUT2D eigenvalue weighted by atomic mass is 32.1. The Morgan fingerprint density at radius 3 is 2.43 bits per heavy atom. The van der Waals surface area contributed by atoms with Crippen LogP contribution in [0.5, 0.6) is 5.75 Å². The Bertz CT molecular complexity index is 1950. The molecule has 0 spiro atoms. The molecule has 3 fully saturated rings. The summed E-state index contributed by atoms with van der Waals surface area (Å²) in [5.74, 6) is -2.18. The second-order valence-electron chi connectivity index (χ2n) is 16.4. The van der Waals surface area contributed by atoms with E-state index in [9.17, 15) is 24.3 Å². The molecule has 54 heavy (non-hydrogen) atoms. The van der Waals surface area contributed by atoms with Crippen LogP contribution in [0.3, 0.4) is 0 Å². The molecule has 2 aliphatic carbocycles. The van der Waals surface area contributed by atoms with Crippen molar-refractivity contribution in [1.29, 1.82) is 0 Å². The Kier molecular flexibility index (Phi) is 11.0. The van der Waals surface area contributed by atoms with Crippen LogP contribution in [0.4, 0.5) is 9.93 Å². The number of likely N-dealkylation sites (tertiary alicyclic amines) is 1. The van der Waals surface area contributed by atoms with E-state index in [4.69, 9.17) is 19.4 Å². The molecular formula is C40H52N6O7S. The summed E-state index contributed by atoms with van der Waals surface area (Å²) in [4.78, 5) is 65.4. The SMILES string of the molecule is C=C[C@@H]1C[C@]1(NC(=O)[C@@H]1C[C@@H](Oc2cc(-c3csc(NC(C)C)n3)nc3c(C)cc(C)cc23)CN1C(=O)[C@@H](NC(=O)OC1CCCC1)C(C)(C)C)C(=O)O. The highest BCUT2D eigenvalue weighted by molar-refractivity contribution is 7.14. The van der Waals surface area contributed by atoms with Crippen LogP contribution in [0.2, 0.25) is 0 Å². The first-order chi connectivity index (χ1) is 25.5. The first-order valence-electron chi connectivity index (χ1n) is 18.8. The lowest BCUT2D eigenvalue weighted by atomic mass is 9.85. The largest absolute Gasteiger partial charge is 0.488 e. The lowest BCUT2D eigenvalue weighted by Gasteiger charge is -2.35. The van der Waals surface area contributed by atoms with Gasteiger partial charge in [-0.15, -0.1) is 17.9 Å². The summed E-state index contributed by atoms with van der Waals surface area (Å²) in [5, 5.41) is 22.5. The number of hydrogen-bond acceptors (Lipinski definition) is 10. The first kappa shape index (κ1) is 39.0. The van der Waals surface area contributed by atoms with Gasteiger partial charge in [0.15, 0.2) is 5.13 Å². The summed E-state index contributed by atoms with van der Waals surface area (Å²) in [6.07, 6.45) is 3.74. The summed E-state index contributed by atoms with van der Waals surface area (Å²) >= 11 is 1.48. The zero-order chi connectivity index (χ0) is 39.1. The predicted octanol–water partition coefficient (Wildman–Crippen LogP) is 6.37. The van der Waals surface area contributed by atoms with E-state index >= 15 is 0 Å². The van der Waals surface area contributed by atoms with Crippen LogP contribution in [0.15, 0.2) is 36.2 Å². The Balaban J connectivity index is 1.34. The molecule has 3 aliphatic rings. The van der Waals surface area contributed by atoms with Gasteiger partial charge in [0.25, 0.3) is 0 Å². The minimum Gasteiger partial charge on any atom is -0.488 e. The Morgan fingerprint density at radius 1 is 1.07 bits per heavy atom. The molecule has 290 valence electrons. The van der Waals surface area contributed by atoms with Gasteiger partial charge in [0.05, 0.1) is 17.8 Å². The van der Waals surface area contributed by atoms with Crippen LogP contribution in [-0.4, -0.2) is 86.3 Å². The van der Waals surface area contributed by atoms with Crippen LogP contribution >= 0.6 is 11.3 Å². The number of aliphatic carboxylic acids is 1. The van der Waals surface area contributed by atoms with Gasteiger partial charge in [0.2, 0.25) is 11.8 Å². The standard InChI is InChI=1S/C40H52N6O7S/c1-9-24-18-40(24,36(49)50)45-34(47)30-16-26(19-46(30)35(48)33(39(6,7)8)44-38(51)53-25-12-10-11-13-25)52-31-17-28(29-20-54-37(43-29)41-21(2)3)42-32-23(5)14-22(4)15-27(31)32/h9,14-15,17,20-21,24-26,30,33H,1,10-13,16,18-19H2,2-8H3,(H,41,43)(H,44,51)(H,45,47)(H,49,50)/t24-,26-,30+,33-,40-/m1/s1. The minimum atomic E-state index is -1.50. The van der Waals surface area contributed by atoms with Gasteiger partial charge >= 0.3 is 12.1 Å². The molecular weight excluding hydrogens is 709 g/mol. The third kappa shape index (κ3) is 8.18. The van der Waals surface area contributed by atoms with Gasteiger partial charge in [0.1, 0.15) is 41.3 Å². The number of amides is 3. The third-order valence-electron chi connectivity index (χ3n) is 10.5. The number of fused-ring (bicyclic) bond motifs is 1. The summed E-state index contributed by atoms with van der Waals surface area (Å²) in [7, 11) is 0. The molecule has 5 atom stereocenters. The molecule has 1 saturated heterocycles. The molecule has 6 rings (SSSR count). The van der Waals surface area contributed by atoms with Crippen LogP contribution in [0.25, 0.3) is 22.3 Å². The number of nitrogens with one attached hydrogen (secondary N) is 3. The Labute approximate surface area is 320 Å². The molecule has 1 aromatic carbocycles. The number of anilines is 1. The maximum absolute atomic E-state index is 14.6. The van der Waals surface area contributed by atoms with Gasteiger partial charge in [-0.3, -0.25) is 9.59 Å². The number of rotatable bonds is 12. The number of aromatic nitrogens is 2. The lowest BCUT2D eigenvalue weighted by Crippen LogP contribution is -2.59. The van der Waals surface area contributed by atoms with Crippen molar-refractivity contribution in [2.24, 2.45) is 11.3 Å². The fourth-order valence-corrected chi connectivity index (χ4v) is 8.43. The van der Waals surface area contributed by atoms with Crippen molar-refractivity contribution in [3.63, 3.8) is 0 Å². The maximum Gasteiger partial charge on any atom is 0.408 e. The average molecular weight is 761 g/mol. The van der Waals surface area contributed by atoms with E-state index in [-0.39, 0.29) is 31.5 Å². The van der Waals surface area contributed by atoms with Crippen LogP contribution in [-0.2, 0) is 19.1 Å². The summed E-state index contributed by atoms with van der Waals surface area (Å²) in [6.45, 7) is 17.3. The number of carbonyl (C=O) groups excluding carboxylic acids is 3. The van der Waals surface area contributed by atoms with Crippen molar-refractivity contribution in [3.05, 3.63) is 47.4 Å². The number of hydrogen-bond donors (Lipinski definition) is 4. The quantitative estimate of drug-likeness (QED) is 0.152. The molecule has 2 saturated carbocycles. The van der Waals surface area contributed by atoms with Crippen LogP contribution < -0.4 is 20.7 Å². The number of carboxylic acids is 1. The summed E-state index contributed by atoms with van der Waals surface area (Å²) in [5.41, 5.74) is 1.74. The number of ether oxygens (including phenoxy) is 2. The van der Waals surface area contributed by atoms with Crippen molar-refractivity contribution < 1.29 is 33.8 Å². The van der Waals surface area contributed by atoms with Gasteiger partial charge in [0, 0.05) is 35.2 Å². The number of carbonyl (C=O) groups is 4. The van der Waals surface area contributed by atoms with Gasteiger partial charge < -0.3 is 35.4 Å².